The molecule has 0 atom stereocenters. The minimum atomic E-state index is -0.897. The maximum absolute atomic E-state index is 11.9. The van der Waals surface area contributed by atoms with Crippen LogP contribution in [-0.4, -0.2) is 57.4 Å². The second-order valence-corrected chi connectivity index (χ2v) is 9.27. The standard InChI is InChI=1S/C30H48O7/c1-2-3-4-5-6-7-8-9-10-11-12-13-17-20-28(31)36-25-23-34-21-22-35-24-26-37-30(33)29(32)27-18-15-14-16-19-27/h14-16,18-19H,2-13,17,20-26H2,1H3. The second-order valence-electron chi connectivity index (χ2n) is 9.27. The summed E-state index contributed by atoms with van der Waals surface area (Å²) < 4.78 is 20.8. The van der Waals surface area contributed by atoms with E-state index in [-0.39, 0.29) is 25.8 Å². The van der Waals surface area contributed by atoms with Crippen LogP contribution >= 0.6 is 0 Å². The quantitative estimate of drug-likeness (QED) is 0.0632. The number of unbranched alkanes of at least 4 members (excludes halogenated alkanes) is 12. The largest absolute Gasteiger partial charge is 0.463 e. The predicted molar refractivity (Wildman–Crippen MR) is 145 cm³/mol. The molecule has 0 unspecified atom stereocenters. The van der Waals surface area contributed by atoms with E-state index in [1.807, 2.05) is 0 Å². The molecule has 7 nitrogen and oxygen atoms in total. The predicted octanol–water partition coefficient (Wildman–Crippen LogP) is 6.47. The van der Waals surface area contributed by atoms with Crippen LogP contribution in [0.4, 0.5) is 0 Å². The molecule has 0 saturated heterocycles. The van der Waals surface area contributed by atoms with Crippen LogP contribution in [-0.2, 0) is 28.5 Å². The smallest absolute Gasteiger partial charge is 0.379 e. The molecule has 1 aromatic rings. The molecule has 0 heterocycles. The lowest BCUT2D eigenvalue weighted by Crippen LogP contribution is -2.20. The van der Waals surface area contributed by atoms with E-state index in [9.17, 15) is 14.4 Å². The summed E-state index contributed by atoms with van der Waals surface area (Å²) in [5.74, 6) is -1.74. The molecule has 1 rings (SSSR count). The average molecular weight is 521 g/mol. The fraction of sp³-hybridized carbons (Fsp3) is 0.700. The van der Waals surface area contributed by atoms with Crippen LogP contribution in [0.25, 0.3) is 0 Å². The Kier molecular flexibility index (Phi) is 21.4. The first kappa shape index (κ1) is 32.8. The molecule has 0 radical (unpaired) electrons. The highest BCUT2D eigenvalue weighted by Crippen LogP contribution is 2.13. The normalized spacial score (nSPS) is 10.8. The molecular weight excluding hydrogens is 472 g/mol. The highest BCUT2D eigenvalue weighted by atomic mass is 16.6. The van der Waals surface area contributed by atoms with E-state index >= 15 is 0 Å². The lowest BCUT2D eigenvalue weighted by atomic mass is 10.0. The number of esters is 2. The van der Waals surface area contributed by atoms with Gasteiger partial charge in [-0.05, 0) is 6.42 Å². The Balaban J connectivity index is 1.79. The minimum Gasteiger partial charge on any atom is -0.463 e. The molecule has 0 spiro atoms. The number of ketones is 1. The summed E-state index contributed by atoms with van der Waals surface area (Å²) in [6.45, 7) is 3.63. The lowest BCUT2D eigenvalue weighted by molar-refractivity contribution is -0.145. The van der Waals surface area contributed by atoms with Gasteiger partial charge in [-0.3, -0.25) is 9.59 Å². The van der Waals surface area contributed by atoms with Crippen LogP contribution in [0.15, 0.2) is 30.3 Å². The fourth-order valence-corrected chi connectivity index (χ4v) is 3.86. The third-order valence-corrected chi connectivity index (χ3v) is 6.03. The Morgan fingerprint density at radius 3 is 1.57 bits per heavy atom. The molecule has 0 aliphatic heterocycles. The first-order chi connectivity index (χ1) is 18.1. The number of ether oxygens (including phenoxy) is 4. The minimum absolute atomic E-state index is 0.00574. The number of hydrogen-bond acceptors (Lipinski definition) is 7. The third kappa shape index (κ3) is 19.5. The van der Waals surface area contributed by atoms with Crippen molar-refractivity contribution in [2.45, 2.75) is 96.8 Å². The Hall–Kier alpha value is -2.25. The van der Waals surface area contributed by atoms with Gasteiger partial charge in [0.2, 0.25) is 0 Å². The summed E-state index contributed by atoms with van der Waals surface area (Å²) in [5.41, 5.74) is 0.298. The highest BCUT2D eigenvalue weighted by molar-refractivity contribution is 6.40. The topological polar surface area (TPSA) is 88.1 Å². The van der Waals surface area contributed by atoms with Gasteiger partial charge in [-0.15, -0.1) is 0 Å². The van der Waals surface area contributed by atoms with E-state index in [1.165, 1.54) is 70.6 Å². The van der Waals surface area contributed by atoms with Crippen molar-refractivity contribution in [2.24, 2.45) is 0 Å². The molecule has 0 amide bonds. The van der Waals surface area contributed by atoms with E-state index in [2.05, 4.69) is 6.92 Å². The summed E-state index contributed by atoms with van der Waals surface area (Å²) in [4.78, 5) is 35.3. The monoisotopic (exact) mass is 520 g/mol. The molecule has 7 heteroatoms. The lowest BCUT2D eigenvalue weighted by Gasteiger charge is -2.08. The average Bonchev–Trinajstić information content (AvgIpc) is 2.92. The van der Waals surface area contributed by atoms with Crippen molar-refractivity contribution >= 4 is 17.7 Å². The van der Waals surface area contributed by atoms with Crippen molar-refractivity contribution in [3.8, 4) is 0 Å². The Morgan fingerprint density at radius 1 is 0.568 bits per heavy atom. The van der Waals surface area contributed by atoms with Crippen LogP contribution in [0, 0.1) is 0 Å². The van der Waals surface area contributed by atoms with Gasteiger partial charge in [0.1, 0.15) is 13.2 Å². The van der Waals surface area contributed by atoms with Crippen LogP contribution in [0.3, 0.4) is 0 Å². The summed E-state index contributed by atoms with van der Waals surface area (Å²) >= 11 is 0. The zero-order valence-corrected chi connectivity index (χ0v) is 22.9. The van der Waals surface area contributed by atoms with Crippen LogP contribution in [0.1, 0.15) is 107 Å². The Bertz CT molecular complexity index is 705. The maximum Gasteiger partial charge on any atom is 0.379 e. The molecule has 0 bridgehead atoms. The van der Waals surface area contributed by atoms with Crippen LogP contribution < -0.4 is 0 Å². The number of carbonyl (C=O) groups excluding carboxylic acids is 3. The van der Waals surface area contributed by atoms with Gasteiger partial charge >= 0.3 is 11.9 Å². The van der Waals surface area contributed by atoms with Gasteiger partial charge in [0, 0.05) is 12.0 Å². The molecule has 0 aliphatic rings. The van der Waals surface area contributed by atoms with Gasteiger partial charge in [-0.1, -0.05) is 114 Å². The molecule has 37 heavy (non-hydrogen) atoms. The van der Waals surface area contributed by atoms with Crippen LogP contribution in [0.5, 0.6) is 0 Å². The Labute approximate surface area is 223 Å². The van der Waals surface area contributed by atoms with E-state index in [0.717, 1.165) is 12.8 Å². The molecule has 0 fully saturated rings. The molecular formula is C30H48O7. The van der Waals surface area contributed by atoms with Crippen molar-refractivity contribution in [1.29, 1.82) is 0 Å². The zero-order chi connectivity index (χ0) is 26.8. The summed E-state index contributed by atoms with van der Waals surface area (Å²) in [6, 6.07) is 8.27. The highest BCUT2D eigenvalue weighted by Gasteiger charge is 2.17. The van der Waals surface area contributed by atoms with E-state index in [1.54, 1.807) is 30.3 Å². The Morgan fingerprint density at radius 2 is 1.03 bits per heavy atom. The molecule has 0 aliphatic carbocycles. The van der Waals surface area contributed by atoms with Crippen molar-refractivity contribution in [1.82, 2.24) is 0 Å². The summed E-state index contributed by atoms with van der Waals surface area (Å²) in [5, 5.41) is 0. The van der Waals surface area contributed by atoms with E-state index in [4.69, 9.17) is 18.9 Å². The number of hydrogen-bond donors (Lipinski definition) is 0. The maximum atomic E-state index is 11.9. The van der Waals surface area contributed by atoms with Crippen molar-refractivity contribution in [3.63, 3.8) is 0 Å². The van der Waals surface area contributed by atoms with Crippen molar-refractivity contribution < 1.29 is 33.3 Å². The number of Topliss-reactive ketones (excluding diaryl/α,β-unsaturated/α-hetero) is 1. The van der Waals surface area contributed by atoms with Gasteiger partial charge in [-0.25, -0.2) is 4.79 Å². The SMILES string of the molecule is CCCCCCCCCCCCCCCC(=O)OCCOCCOCCOC(=O)C(=O)c1ccccc1. The molecule has 0 N–H and O–H groups in total. The summed E-state index contributed by atoms with van der Waals surface area (Å²) in [6.07, 6.45) is 17.1. The van der Waals surface area contributed by atoms with Gasteiger partial charge in [-0.2, -0.15) is 0 Å². The number of benzene rings is 1. The fourth-order valence-electron chi connectivity index (χ4n) is 3.86. The molecule has 210 valence electrons. The van der Waals surface area contributed by atoms with Gasteiger partial charge < -0.3 is 18.9 Å². The first-order valence-electron chi connectivity index (χ1n) is 14.2. The van der Waals surface area contributed by atoms with Gasteiger partial charge in [0.15, 0.2) is 0 Å². The first-order valence-corrected chi connectivity index (χ1v) is 14.2. The number of rotatable bonds is 25. The van der Waals surface area contributed by atoms with Crippen molar-refractivity contribution in [2.75, 3.05) is 39.6 Å². The zero-order valence-electron chi connectivity index (χ0n) is 22.9. The van der Waals surface area contributed by atoms with Gasteiger partial charge in [0.25, 0.3) is 5.78 Å². The molecule has 1 aromatic carbocycles. The molecule has 0 aromatic heterocycles. The van der Waals surface area contributed by atoms with E-state index in [0.29, 0.717) is 31.8 Å². The second kappa shape index (κ2) is 24.1. The number of carbonyl (C=O) groups is 3. The molecule has 0 saturated carbocycles. The summed E-state index contributed by atoms with van der Waals surface area (Å²) in [7, 11) is 0. The third-order valence-electron chi connectivity index (χ3n) is 6.03. The van der Waals surface area contributed by atoms with Gasteiger partial charge in [0.05, 0.1) is 26.4 Å². The van der Waals surface area contributed by atoms with Crippen molar-refractivity contribution in [3.05, 3.63) is 35.9 Å². The van der Waals surface area contributed by atoms with E-state index < -0.39 is 11.8 Å². The van der Waals surface area contributed by atoms with Crippen LogP contribution in [0.2, 0.25) is 0 Å².